The van der Waals surface area contributed by atoms with E-state index in [1.807, 2.05) is 4.90 Å². The molecule has 0 aromatic heterocycles. The van der Waals surface area contributed by atoms with Crippen LogP contribution in [0.3, 0.4) is 0 Å². The topological polar surface area (TPSA) is 4.44 Å². The van der Waals surface area contributed by atoms with Crippen molar-refractivity contribution in [3.05, 3.63) is 0 Å². The number of nitrogens with one attached hydrogen (secondary N) is 1. The molecule has 2 unspecified atom stereocenters. The lowest BCUT2D eigenvalue weighted by Crippen LogP contribution is -3.10. The van der Waals surface area contributed by atoms with Crippen LogP contribution in [0.4, 0.5) is 0 Å². The first kappa shape index (κ1) is 16.2. The number of rotatable bonds is 8. The van der Waals surface area contributed by atoms with Crippen molar-refractivity contribution >= 4 is 0 Å². The van der Waals surface area contributed by atoms with Gasteiger partial charge in [0.2, 0.25) is 0 Å². The Labute approximate surface area is 108 Å². The quantitative estimate of drug-likeness (QED) is 0.561. The zero-order chi connectivity index (χ0) is 10.9. The summed E-state index contributed by atoms with van der Waals surface area (Å²) in [6, 6.07) is 0. The molecular formula is C14H30ClN. The number of hydrogen-bond acceptors (Lipinski definition) is 0. The van der Waals surface area contributed by atoms with Gasteiger partial charge in [0.1, 0.15) is 0 Å². The van der Waals surface area contributed by atoms with Crippen LogP contribution in [0.5, 0.6) is 0 Å². The molecule has 16 heavy (non-hydrogen) atoms. The fraction of sp³-hybridized carbons (Fsp3) is 1.00. The van der Waals surface area contributed by atoms with Crippen LogP contribution in [0.15, 0.2) is 0 Å². The minimum Gasteiger partial charge on any atom is -1.00 e. The van der Waals surface area contributed by atoms with Gasteiger partial charge in [0.25, 0.3) is 0 Å². The van der Waals surface area contributed by atoms with Crippen molar-refractivity contribution in [3.8, 4) is 0 Å². The second-order valence-electron chi connectivity index (χ2n) is 5.31. The molecule has 1 aliphatic rings. The van der Waals surface area contributed by atoms with Gasteiger partial charge in [-0.3, -0.25) is 0 Å². The molecule has 0 radical (unpaired) electrons. The van der Waals surface area contributed by atoms with E-state index in [1.165, 1.54) is 71.0 Å². The molecule has 0 bridgehead atoms. The highest BCUT2D eigenvalue weighted by molar-refractivity contribution is 4.61. The minimum absolute atomic E-state index is 0. The zero-order valence-corrected chi connectivity index (χ0v) is 12.0. The molecule has 1 aliphatic heterocycles. The summed E-state index contributed by atoms with van der Waals surface area (Å²) in [6.45, 7) is 8.99. The predicted molar refractivity (Wildman–Crippen MR) is 67.3 cm³/mol. The Kier molecular flexibility index (Phi) is 10.6. The molecule has 0 aliphatic carbocycles. The summed E-state index contributed by atoms with van der Waals surface area (Å²) in [5.74, 6) is 1.06. The molecule has 0 aromatic carbocycles. The van der Waals surface area contributed by atoms with Crippen LogP contribution in [0, 0.1) is 5.92 Å². The third-order valence-electron chi connectivity index (χ3n) is 3.81. The SMILES string of the molecule is CCCCCCC[NH+]1CCC(CCC)C1.[Cl-]. The van der Waals surface area contributed by atoms with Crippen LogP contribution < -0.4 is 17.3 Å². The van der Waals surface area contributed by atoms with Gasteiger partial charge in [-0.1, -0.05) is 39.5 Å². The minimum atomic E-state index is 0. The third-order valence-corrected chi connectivity index (χ3v) is 3.81. The lowest BCUT2D eigenvalue weighted by Gasteiger charge is -2.12. The number of likely N-dealkylation sites (tertiary alicyclic amines) is 1. The summed E-state index contributed by atoms with van der Waals surface area (Å²) in [4.78, 5) is 1.89. The molecule has 1 heterocycles. The first-order valence-electron chi connectivity index (χ1n) is 7.20. The van der Waals surface area contributed by atoms with Crippen LogP contribution in [0.25, 0.3) is 0 Å². The van der Waals surface area contributed by atoms with Crippen molar-refractivity contribution in [3.63, 3.8) is 0 Å². The molecule has 0 amide bonds. The Morgan fingerprint density at radius 2 is 1.75 bits per heavy atom. The summed E-state index contributed by atoms with van der Waals surface area (Å²) in [7, 11) is 0. The van der Waals surface area contributed by atoms with Gasteiger partial charge in [-0.05, 0) is 19.3 Å². The predicted octanol–water partition coefficient (Wildman–Crippen LogP) is -0.334. The van der Waals surface area contributed by atoms with Gasteiger partial charge < -0.3 is 17.3 Å². The third kappa shape index (κ3) is 6.75. The highest BCUT2D eigenvalue weighted by Gasteiger charge is 2.24. The fourth-order valence-electron chi connectivity index (χ4n) is 2.88. The first-order chi connectivity index (χ1) is 7.36. The monoisotopic (exact) mass is 247 g/mol. The normalized spacial score (nSPS) is 24.4. The largest absolute Gasteiger partial charge is 1.00 e. The molecule has 1 nitrogen and oxygen atoms in total. The van der Waals surface area contributed by atoms with Crippen molar-refractivity contribution in [1.82, 2.24) is 0 Å². The van der Waals surface area contributed by atoms with E-state index in [9.17, 15) is 0 Å². The van der Waals surface area contributed by atoms with Crippen LogP contribution in [0.2, 0.25) is 0 Å². The van der Waals surface area contributed by atoms with Crippen LogP contribution in [-0.2, 0) is 0 Å². The summed E-state index contributed by atoms with van der Waals surface area (Å²) in [6.07, 6.45) is 11.6. The number of unbranched alkanes of at least 4 members (excludes halogenated alkanes) is 4. The maximum absolute atomic E-state index is 2.32. The second kappa shape index (κ2) is 10.4. The maximum atomic E-state index is 2.32. The van der Waals surface area contributed by atoms with E-state index < -0.39 is 0 Å². The van der Waals surface area contributed by atoms with Gasteiger partial charge in [0.15, 0.2) is 0 Å². The highest BCUT2D eigenvalue weighted by Crippen LogP contribution is 2.11. The summed E-state index contributed by atoms with van der Waals surface area (Å²) < 4.78 is 0. The summed E-state index contributed by atoms with van der Waals surface area (Å²) >= 11 is 0. The van der Waals surface area contributed by atoms with Crippen LogP contribution in [-0.4, -0.2) is 19.6 Å². The molecule has 0 spiro atoms. The van der Waals surface area contributed by atoms with E-state index in [4.69, 9.17) is 0 Å². The van der Waals surface area contributed by atoms with Crippen molar-refractivity contribution in [2.75, 3.05) is 19.6 Å². The molecule has 1 N–H and O–H groups in total. The van der Waals surface area contributed by atoms with Gasteiger partial charge in [-0.2, -0.15) is 0 Å². The van der Waals surface area contributed by atoms with Crippen LogP contribution in [0.1, 0.15) is 65.2 Å². The summed E-state index contributed by atoms with van der Waals surface area (Å²) in [5, 5.41) is 0. The maximum Gasteiger partial charge on any atom is 0.0801 e. The molecule has 2 heteroatoms. The summed E-state index contributed by atoms with van der Waals surface area (Å²) in [5.41, 5.74) is 0. The lowest BCUT2D eigenvalue weighted by atomic mass is 10.0. The van der Waals surface area contributed by atoms with Gasteiger partial charge >= 0.3 is 0 Å². The van der Waals surface area contributed by atoms with Crippen LogP contribution >= 0.6 is 0 Å². The second-order valence-corrected chi connectivity index (χ2v) is 5.31. The molecule has 1 fully saturated rings. The number of hydrogen-bond donors (Lipinski definition) is 1. The average Bonchev–Trinajstić information content (AvgIpc) is 2.66. The molecule has 0 aromatic rings. The fourth-order valence-corrected chi connectivity index (χ4v) is 2.88. The van der Waals surface area contributed by atoms with E-state index in [-0.39, 0.29) is 12.4 Å². The lowest BCUT2D eigenvalue weighted by molar-refractivity contribution is -0.889. The highest BCUT2D eigenvalue weighted by atomic mass is 35.5. The van der Waals surface area contributed by atoms with Crippen molar-refractivity contribution in [2.45, 2.75) is 65.2 Å². The Bertz CT molecular complexity index is 150. The Morgan fingerprint density at radius 3 is 2.44 bits per heavy atom. The van der Waals surface area contributed by atoms with Gasteiger partial charge in [0.05, 0.1) is 19.6 Å². The van der Waals surface area contributed by atoms with E-state index in [0.717, 1.165) is 5.92 Å². The van der Waals surface area contributed by atoms with E-state index in [2.05, 4.69) is 13.8 Å². The molecule has 2 atom stereocenters. The van der Waals surface area contributed by atoms with Crippen molar-refractivity contribution < 1.29 is 17.3 Å². The van der Waals surface area contributed by atoms with E-state index in [0.29, 0.717) is 0 Å². The standard InChI is InChI=1S/C14H29N.ClH/c1-3-5-6-7-8-11-15-12-10-14(13-15)9-4-2;/h14H,3-13H2,1-2H3;1H. The van der Waals surface area contributed by atoms with E-state index in [1.54, 1.807) is 0 Å². The number of halogens is 1. The van der Waals surface area contributed by atoms with Crippen molar-refractivity contribution in [2.24, 2.45) is 5.92 Å². The Morgan fingerprint density at radius 1 is 1.00 bits per heavy atom. The Hall–Kier alpha value is 0.250. The van der Waals surface area contributed by atoms with E-state index >= 15 is 0 Å². The first-order valence-corrected chi connectivity index (χ1v) is 7.20. The van der Waals surface area contributed by atoms with Gasteiger partial charge in [-0.15, -0.1) is 0 Å². The van der Waals surface area contributed by atoms with Crippen molar-refractivity contribution in [1.29, 1.82) is 0 Å². The molecular weight excluding hydrogens is 218 g/mol. The number of quaternary nitrogens is 1. The average molecular weight is 248 g/mol. The zero-order valence-electron chi connectivity index (χ0n) is 11.2. The smallest absolute Gasteiger partial charge is 0.0801 e. The molecule has 1 saturated heterocycles. The van der Waals surface area contributed by atoms with Gasteiger partial charge in [-0.25, -0.2) is 0 Å². The van der Waals surface area contributed by atoms with Gasteiger partial charge in [0, 0.05) is 12.3 Å². The molecule has 98 valence electrons. The molecule has 0 saturated carbocycles. The molecule has 1 rings (SSSR count). The Balaban J connectivity index is 0.00000225.